The van der Waals surface area contributed by atoms with E-state index in [0.717, 1.165) is 0 Å². The lowest BCUT2D eigenvalue weighted by molar-refractivity contribution is -0.141. The number of hydrogen-bond acceptors (Lipinski definition) is 5. The topological polar surface area (TPSA) is 77.9 Å². The van der Waals surface area contributed by atoms with Crippen molar-refractivity contribution in [2.24, 2.45) is 0 Å². The number of carboxylic acids is 1. The molecule has 1 aliphatic heterocycles. The number of carbonyl (C=O) groups is 1. The summed E-state index contributed by atoms with van der Waals surface area (Å²) in [5.41, 5.74) is 0.268. The number of rotatable bonds is 8. The average molecular weight is 510 g/mol. The Hall–Kier alpha value is -1.16. The molecule has 1 heterocycles. The Bertz CT molecular complexity index is 1020. The van der Waals surface area contributed by atoms with Crippen LogP contribution in [0.1, 0.15) is 6.42 Å². The molecule has 0 spiro atoms. The third-order valence-corrected chi connectivity index (χ3v) is 8.34. The Kier molecular flexibility index (Phi) is 7.81. The van der Waals surface area contributed by atoms with Crippen LogP contribution in [0.25, 0.3) is 0 Å². The average Bonchev–Trinajstić information content (AvgIpc) is 3.16. The van der Waals surface area contributed by atoms with Gasteiger partial charge in [-0.15, -0.1) is 11.8 Å². The monoisotopic (exact) mass is 508 g/mol. The van der Waals surface area contributed by atoms with Crippen molar-refractivity contribution in [1.29, 1.82) is 0 Å². The van der Waals surface area contributed by atoms with Crippen molar-refractivity contribution in [1.82, 2.24) is 4.90 Å². The van der Waals surface area contributed by atoms with Crippen LogP contribution in [-0.2, 0) is 14.8 Å². The van der Waals surface area contributed by atoms with Crippen LogP contribution < -0.4 is 4.31 Å². The van der Waals surface area contributed by atoms with Gasteiger partial charge in [-0.1, -0.05) is 34.8 Å². The highest BCUT2D eigenvalue weighted by atomic mass is 35.5. The zero-order valence-corrected chi connectivity index (χ0v) is 19.6. The van der Waals surface area contributed by atoms with Gasteiger partial charge < -0.3 is 5.11 Å². The van der Waals surface area contributed by atoms with Crippen molar-refractivity contribution in [3.05, 3.63) is 57.5 Å². The summed E-state index contributed by atoms with van der Waals surface area (Å²) in [5, 5.41) is 10.4. The van der Waals surface area contributed by atoms with Gasteiger partial charge in [0.05, 0.1) is 15.6 Å². The summed E-state index contributed by atoms with van der Waals surface area (Å²) < 4.78 is 28.0. The van der Waals surface area contributed by atoms with E-state index < -0.39 is 22.0 Å². The van der Waals surface area contributed by atoms with Gasteiger partial charge in [0.1, 0.15) is 6.04 Å². The number of benzene rings is 2. The molecule has 1 aliphatic rings. The molecule has 1 atom stereocenters. The summed E-state index contributed by atoms with van der Waals surface area (Å²) in [5.74, 6) is 0.240. The molecule has 2 aromatic carbocycles. The summed E-state index contributed by atoms with van der Waals surface area (Å²) in [4.78, 5) is 13.3. The van der Waals surface area contributed by atoms with E-state index in [9.17, 15) is 18.3 Å². The smallest absolute Gasteiger partial charge is 0.321 e. The predicted molar refractivity (Wildman–Crippen MR) is 123 cm³/mol. The first kappa shape index (κ1) is 23.5. The summed E-state index contributed by atoms with van der Waals surface area (Å²) in [6.07, 6.45) is 0.417. The van der Waals surface area contributed by atoms with Crippen LogP contribution in [0.3, 0.4) is 0 Å². The Morgan fingerprint density at radius 1 is 1.13 bits per heavy atom. The highest BCUT2D eigenvalue weighted by Gasteiger charge is 2.32. The molecule has 0 radical (unpaired) electrons. The standard InChI is InChI=1S/C19H19Cl3N2O4S2/c20-13-2-5-15(6-3-13)30(27,28)24(17-10-14(21)4-7-16(17)22)9-1-8-23-12-29-11-18(23)19(25)26/h2-7,10,18H,1,8-9,11-12H2,(H,25,26). The molecule has 1 N–H and O–H groups in total. The van der Waals surface area contributed by atoms with Crippen molar-refractivity contribution in [3.8, 4) is 0 Å². The first-order valence-corrected chi connectivity index (χ1v) is 12.7. The molecule has 0 bridgehead atoms. The molecule has 6 nitrogen and oxygen atoms in total. The Labute approximate surface area is 194 Å². The zero-order valence-electron chi connectivity index (χ0n) is 15.7. The number of thioether (sulfide) groups is 1. The maximum absolute atomic E-state index is 13.4. The van der Waals surface area contributed by atoms with Gasteiger partial charge in [0, 0.05) is 34.8 Å². The molecular weight excluding hydrogens is 491 g/mol. The molecule has 11 heteroatoms. The van der Waals surface area contributed by atoms with E-state index in [2.05, 4.69) is 0 Å². The van der Waals surface area contributed by atoms with E-state index in [0.29, 0.717) is 34.6 Å². The maximum Gasteiger partial charge on any atom is 0.321 e. The lowest BCUT2D eigenvalue weighted by Crippen LogP contribution is -2.40. The van der Waals surface area contributed by atoms with E-state index in [4.69, 9.17) is 34.8 Å². The van der Waals surface area contributed by atoms with Crippen LogP contribution in [0.4, 0.5) is 5.69 Å². The van der Waals surface area contributed by atoms with Crippen LogP contribution in [0.15, 0.2) is 47.4 Å². The normalized spacial score (nSPS) is 17.2. The van der Waals surface area contributed by atoms with Crippen molar-refractivity contribution in [2.45, 2.75) is 17.4 Å². The van der Waals surface area contributed by atoms with Gasteiger partial charge in [0.15, 0.2) is 0 Å². The minimum Gasteiger partial charge on any atom is -0.480 e. The van der Waals surface area contributed by atoms with E-state index in [-0.39, 0.29) is 22.2 Å². The molecule has 0 aliphatic carbocycles. The van der Waals surface area contributed by atoms with Crippen LogP contribution >= 0.6 is 46.6 Å². The van der Waals surface area contributed by atoms with Gasteiger partial charge in [0.25, 0.3) is 10.0 Å². The highest BCUT2D eigenvalue weighted by Crippen LogP contribution is 2.33. The maximum atomic E-state index is 13.4. The number of carboxylic acid groups (broad SMARTS) is 1. The molecule has 30 heavy (non-hydrogen) atoms. The molecule has 1 fully saturated rings. The second-order valence-electron chi connectivity index (χ2n) is 6.65. The molecular formula is C19H19Cl3N2O4S2. The second kappa shape index (κ2) is 9.97. The lowest BCUT2D eigenvalue weighted by Gasteiger charge is -2.27. The number of halogens is 3. The lowest BCUT2D eigenvalue weighted by atomic mass is 10.2. The predicted octanol–water partition coefficient (Wildman–Crippen LogP) is 4.69. The number of sulfonamides is 1. The van der Waals surface area contributed by atoms with E-state index in [1.54, 1.807) is 23.9 Å². The Balaban J connectivity index is 1.87. The van der Waals surface area contributed by atoms with E-state index >= 15 is 0 Å². The quantitative estimate of drug-likeness (QED) is 0.556. The van der Waals surface area contributed by atoms with E-state index in [1.165, 1.54) is 34.6 Å². The molecule has 0 saturated carbocycles. The molecule has 162 valence electrons. The SMILES string of the molecule is O=C(O)C1CSCN1CCCN(c1cc(Cl)ccc1Cl)S(=O)(=O)c1ccc(Cl)cc1. The molecule has 1 unspecified atom stereocenters. The van der Waals surface area contributed by atoms with Gasteiger partial charge in [0.2, 0.25) is 0 Å². The van der Waals surface area contributed by atoms with Crippen molar-refractivity contribution in [3.63, 3.8) is 0 Å². The van der Waals surface area contributed by atoms with Crippen molar-refractivity contribution < 1.29 is 18.3 Å². The fraction of sp³-hybridized carbons (Fsp3) is 0.316. The molecule has 0 aromatic heterocycles. The number of aliphatic carboxylic acids is 1. The van der Waals surface area contributed by atoms with Gasteiger partial charge in [-0.2, -0.15) is 0 Å². The molecule has 2 aromatic rings. The summed E-state index contributed by atoms with van der Waals surface area (Å²) in [6.45, 7) is 0.549. The second-order valence-corrected chi connectivity index (χ2v) is 10.8. The number of hydrogen-bond donors (Lipinski definition) is 1. The van der Waals surface area contributed by atoms with Crippen LogP contribution in [-0.4, -0.2) is 55.2 Å². The molecule has 0 amide bonds. The van der Waals surface area contributed by atoms with Crippen LogP contribution in [0, 0.1) is 0 Å². The zero-order chi connectivity index (χ0) is 21.9. The number of nitrogens with zero attached hydrogens (tertiary/aromatic N) is 2. The fourth-order valence-electron chi connectivity index (χ4n) is 3.12. The first-order chi connectivity index (χ1) is 14.2. The van der Waals surface area contributed by atoms with Gasteiger partial charge in [-0.05, 0) is 48.9 Å². The number of anilines is 1. The summed E-state index contributed by atoms with van der Waals surface area (Å²) in [7, 11) is -3.94. The highest BCUT2D eigenvalue weighted by molar-refractivity contribution is 7.99. The van der Waals surface area contributed by atoms with Crippen molar-refractivity contribution >= 4 is 68.2 Å². The van der Waals surface area contributed by atoms with Gasteiger partial charge in [-0.25, -0.2) is 8.42 Å². The Morgan fingerprint density at radius 2 is 1.80 bits per heavy atom. The largest absolute Gasteiger partial charge is 0.480 e. The molecule has 3 rings (SSSR count). The summed E-state index contributed by atoms with van der Waals surface area (Å²) in [6, 6.07) is 9.94. The minimum atomic E-state index is -3.94. The fourth-order valence-corrected chi connectivity index (χ4v) is 6.42. The first-order valence-electron chi connectivity index (χ1n) is 8.98. The minimum absolute atomic E-state index is 0.0723. The molecule has 1 saturated heterocycles. The van der Waals surface area contributed by atoms with Gasteiger partial charge >= 0.3 is 5.97 Å². The summed E-state index contributed by atoms with van der Waals surface area (Å²) >= 11 is 19.8. The van der Waals surface area contributed by atoms with E-state index in [1.807, 2.05) is 4.90 Å². The third-order valence-electron chi connectivity index (χ3n) is 4.64. The van der Waals surface area contributed by atoms with Gasteiger partial charge in [-0.3, -0.25) is 14.0 Å². The van der Waals surface area contributed by atoms with Crippen LogP contribution in [0.2, 0.25) is 15.1 Å². The van der Waals surface area contributed by atoms with Crippen LogP contribution in [0.5, 0.6) is 0 Å². The van der Waals surface area contributed by atoms with Crippen molar-refractivity contribution in [2.75, 3.05) is 29.0 Å². The third kappa shape index (κ3) is 5.36. The Morgan fingerprint density at radius 3 is 2.47 bits per heavy atom.